The molecule has 2 bridgehead atoms. The first kappa shape index (κ1) is 17.2. The highest BCUT2D eigenvalue weighted by atomic mass is 32.1. The Kier molecular flexibility index (Phi) is 3.23. The molecule has 0 atom stereocenters. The Morgan fingerprint density at radius 1 is 1.17 bits per heavy atom. The number of aromatic nitrogens is 4. The SMILES string of the molecule is Cn1cc2cc(-c3cc(=O)n4cc(C56CCC(N)(CC5)C6)sc4n3)c(O)cc2n1. The van der Waals surface area contributed by atoms with Crippen molar-refractivity contribution in [2.75, 3.05) is 0 Å². The van der Waals surface area contributed by atoms with Crippen LogP contribution in [0.1, 0.15) is 37.0 Å². The molecule has 2 aliphatic carbocycles. The van der Waals surface area contributed by atoms with Crippen LogP contribution in [0.2, 0.25) is 0 Å². The van der Waals surface area contributed by atoms with E-state index in [0.29, 0.717) is 21.7 Å². The monoisotopic (exact) mass is 407 g/mol. The van der Waals surface area contributed by atoms with Gasteiger partial charge in [0, 0.05) is 58.4 Å². The molecule has 0 amide bonds. The molecule has 8 heteroatoms. The van der Waals surface area contributed by atoms with Crippen molar-refractivity contribution in [1.82, 2.24) is 19.2 Å². The number of benzene rings is 1. The fourth-order valence-electron chi connectivity index (χ4n) is 5.26. The maximum absolute atomic E-state index is 12.9. The van der Waals surface area contributed by atoms with Gasteiger partial charge in [-0.25, -0.2) is 4.98 Å². The number of nitrogens with zero attached hydrogens (tertiary/aromatic N) is 4. The van der Waals surface area contributed by atoms with Crippen LogP contribution in [0, 0.1) is 0 Å². The van der Waals surface area contributed by atoms with E-state index in [4.69, 9.17) is 10.7 Å². The molecule has 0 saturated heterocycles. The Balaban J connectivity index is 1.50. The van der Waals surface area contributed by atoms with Crippen molar-refractivity contribution in [2.24, 2.45) is 12.8 Å². The highest BCUT2D eigenvalue weighted by Crippen LogP contribution is 2.57. The first-order chi connectivity index (χ1) is 13.8. The van der Waals surface area contributed by atoms with Gasteiger partial charge < -0.3 is 10.8 Å². The molecule has 7 nitrogen and oxygen atoms in total. The average Bonchev–Trinajstić information content (AvgIpc) is 3.40. The molecule has 0 spiro atoms. The van der Waals surface area contributed by atoms with Crippen molar-refractivity contribution >= 4 is 27.2 Å². The number of rotatable bonds is 2. The van der Waals surface area contributed by atoms with Crippen LogP contribution in [-0.4, -0.2) is 29.8 Å². The van der Waals surface area contributed by atoms with E-state index in [1.54, 1.807) is 26.5 Å². The molecule has 1 aromatic carbocycles. The summed E-state index contributed by atoms with van der Waals surface area (Å²) in [6.07, 6.45) is 9.09. The van der Waals surface area contributed by atoms with Gasteiger partial charge in [0.05, 0.1) is 11.2 Å². The first-order valence-electron chi connectivity index (χ1n) is 9.84. The van der Waals surface area contributed by atoms with E-state index in [1.165, 1.54) is 10.9 Å². The second-order valence-corrected chi connectivity index (χ2v) is 9.79. The number of nitrogens with two attached hydrogens (primary N) is 1. The summed E-state index contributed by atoms with van der Waals surface area (Å²) in [5.41, 5.74) is 8.15. The largest absolute Gasteiger partial charge is 0.507 e. The number of aromatic hydroxyl groups is 1. The molecule has 2 saturated carbocycles. The lowest BCUT2D eigenvalue weighted by Gasteiger charge is -2.24. The summed E-state index contributed by atoms with van der Waals surface area (Å²) < 4.78 is 3.33. The number of aryl methyl sites for hydroxylation is 1. The van der Waals surface area contributed by atoms with Gasteiger partial charge in [0.25, 0.3) is 5.56 Å². The third-order valence-corrected chi connectivity index (χ3v) is 8.02. The second-order valence-electron chi connectivity index (χ2n) is 8.78. The Bertz CT molecular complexity index is 1360. The number of phenolic OH excluding ortho intramolecular Hbond substituents is 1. The highest BCUT2D eigenvalue weighted by Gasteiger charge is 2.53. The number of hydrogen-bond acceptors (Lipinski definition) is 6. The zero-order valence-corrected chi connectivity index (χ0v) is 16.9. The first-order valence-corrected chi connectivity index (χ1v) is 10.7. The van der Waals surface area contributed by atoms with E-state index < -0.39 is 0 Å². The van der Waals surface area contributed by atoms with Crippen LogP contribution < -0.4 is 11.3 Å². The summed E-state index contributed by atoms with van der Waals surface area (Å²) in [5.74, 6) is 0.0716. The smallest absolute Gasteiger partial charge is 0.259 e. The zero-order valence-electron chi connectivity index (χ0n) is 16.1. The number of phenols is 1. The van der Waals surface area contributed by atoms with Gasteiger partial charge >= 0.3 is 0 Å². The minimum atomic E-state index is -0.135. The summed E-state index contributed by atoms with van der Waals surface area (Å²) in [6, 6.07) is 4.94. The molecule has 0 unspecified atom stereocenters. The minimum absolute atomic E-state index is 0.0371. The number of fused-ring (bicyclic) bond motifs is 4. The molecule has 0 radical (unpaired) electrons. The van der Waals surface area contributed by atoms with Crippen molar-refractivity contribution in [3.63, 3.8) is 0 Å². The van der Waals surface area contributed by atoms with Crippen LogP contribution >= 0.6 is 11.3 Å². The number of hydrogen-bond donors (Lipinski definition) is 2. The van der Waals surface area contributed by atoms with E-state index in [2.05, 4.69) is 5.10 Å². The van der Waals surface area contributed by atoms with Gasteiger partial charge in [-0.3, -0.25) is 13.9 Å². The molecule has 0 aliphatic heterocycles. The Labute approximate surface area is 170 Å². The fraction of sp³-hybridized carbons (Fsp3) is 0.381. The lowest BCUT2D eigenvalue weighted by molar-refractivity contribution is 0.397. The van der Waals surface area contributed by atoms with E-state index in [0.717, 1.165) is 37.5 Å². The Hall–Kier alpha value is -2.71. The molecule has 3 heterocycles. The third kappa shape index (κ3) is 2.42. The van der Waals surface area contributed by atoms with Crippen molar-refractivity contribution in [3.8, 4) is 17.0 Å². The van der Waals surface area contributed by atoms with Gasteiger partial charge in [0.2, 0.25) is 0 Å². The predicted octanol–water partition coefficient (Wildman–Crippen LogP) is 2.93. The van der Waals surface area contributed by atoms with Gasteiger partial charge in [0.15, 0.2) is 4.96 Å². The van der Waals surface area contributed by atoms with Crippen LogP contribution in [0.5, 0.6) is 5.75 Å². The summed E-state index contributed by atoms with van der Waals surface area (Å²) in [6.45, 7) is 0. The van der Waals surface area contributed by atoms with E-state index in [9.17, 15) is 9.90 Å². The molecule has 3 N–H and O–H groups in total. The van der Waals surface area contributed by atoms with Gasteiger partial charge in [-0.15, -0.1) is 11.3 Å². The van der Waals surface area contributed by atoms with E-state index >= 15 is 0 Å². The normalized spacial score (nSPS) is 26.1. The summed E-state index contributed by atoms with van der Waals surface area (Å²) in [5, 5.41) is 15.7. The van der Waals surface area contributed by atoms with E-state index in [-0.39, 0.29) is 22.3 Å². The third-order valence-electron chi connectivity index (χ3n) is 6.80. The summed E-state index contributed by atoms with van der Waals surface area (Å²) >= 11 is 1.58. The molecule has 3 aromatic heterocycles. The van der Waals surface area contributed by atoms with Crippen LogP contribution in [-0.2, 0) is 12.5 Å². The van der Waals surface area contributed by atoms with Gasteiger partial charge in [0.1, 0.15) is 5.75 Å². The van der Waals surface area contributed by atoms with Crippen LogP contribution in [0.4, 0.5) is 0 Å². The highest BCUT2D eigenvalue weighted by molar-refractivity contribution is 7.17. The number of thiazole rings is 1. The molecule has 6 rings (SSSR count). The van der Waals surface area contributed by atoms with Crippen molar-refractivity contribution < 1.29 is 5.11 Å². The summed E-state index contributed by atoms with van der Waals surface area (Å²) in [7, 11) is 1.84. The topological polar surface area (TPSA) is 98.4 Å². The molecular weight excluding hydrogens is 386 g/mol. The Morgan fingerprint density at radius 3 is 2.69 bits per heavy atom. The van der Waals surface area contributed by atoms with Crippen molar-refractivity contribution in [2.45, 2.75) is 43.1 Å². The predicted molar refractivity (Wildman–Crippen MR) is 112 cm³/mol. The second kappa shape index (κ2) is 5.46. The fourth-order valence-corrected chi connectivity index (χ4v) is 6.50. The van der Waals surface area contributed by atoms with E-state index in [1.807, 2.05) is 25.5 Å². The van der Waals surface area contributed by atoms with Crippen LogP contribution in [0.3, 0.4) is 0 Å². The maximum atomic E-state index is 12.9. The van der Waals surface area contributed by atoms with Crippen LogP contribution in [0.15, 0.2) is 35.4 Å². The Morgan fingerprint density at radius 2 is 1.97 bits per heavy atom. The standard InChI is InChI=1S/C21H21N5O2S/c1-25-9-12-6-13(16(27)7-14(12)24-25)15-8-18(28)26-10-17(29-19(26)23-15)20-2-4-21(22,11-20)5-3-20/h6-10,27H,2-5,11,22H2,1H3. The van der Waals surface area contributed by atoms with Crippen LogP contribution in [0.25, 0.3) is 27.1 Å². The quantitative estimate of drug-likeness (QED) is 0.532. The van der Waals surface area contributed by atoms with Gasteiger partial charge in [-0.1, -0.05) is 0 Å². The lowest BCUT2D eigenvalue weighted by atomic mass is 9.83. The molecule has 2 fully saturated rings. The van der Waals surface area contributed by atoms with Gasteiger partial charge in [-0.05, 0) is 38.2 Å². The van der Waals surface area contributed by atoms with Crippen molar-refractivity contribution in [1.29, 1.82) is 0 Å². The van der Waals surface area contributed by atoms with Crippen molar-refractivity contribution in [3.05, 3.63) is 45.8 Å². The molecule has 29 heavy (non-hydrogen) atoms. The molecule has 2 aliphatic rings. The van der Waals surface area contributed by atoms with Gasteiger partial charge in [-0.2, -0.15) is 5.10 Å². The minimum Gasteiger partial charge on any atom is -0.507 e. The molecular formula is C21H21N5O2S. The summed E-state index contributed by atoms with van der Waals surface area (Å²) in [4.78, 5) is 19.4. The zero-order chi connectivity index (χ0) is 20.0. The average molecular weight is 407 g/mol. The molecule has 4 aromatic rings. The maximum Gasteiger partial charge on any atom is 0.259 e. The lowest BCUT2D eigenvalue weighted by Crippen LogP contribution is -2.33. The molecule has 148 valence electrons.